The van der Waals surface area contributed by atoms with Gasteiger partial charge >= 0.3 is 11.9 Å². The van der Waals surface area contributed by atoms with E-state index in [0.29, 0.717) is 16.9 Å². The molecule has 0 aromatic heterocycles. The number of methoxy groups -OCH3 is 1. The number of esters is 2. The minimum absolute atomic E-state index is 0.393. The van der Waals surface area contributed by atoms with Gasteiger partial charge in [-0.1, -0.05) is 48.0 Å². The van der Waals surface area contributed by atoms with E-state index in [9.17, 15) is 9.59 Å². The Morgan fingerprint density at radius 1 is 0.964 bits per heavy atom. The van der Waals surface area contributed by atoms with Crippen molar-refractivity contribution >= 4 is 34.5 Å². The summed E-state index contributed by atoms with van der Waals surface area (Å²) in [7, 11) is 1.34. The van der Waals surface area contributed by atoms with Crippen LogP contribution in [0.4, 0.5) is 0 Å². The fourth-order valence-electron chi connectivity index (χ4n) is 3.16. The first-order chi connectivity index (χ1) is 13.5. The van der Waals surface area contributed by atoms with E-state index in [4.69, 9.17) is 4.74 Å². The molecule has 0 N–H and O–H groups in total. The third kappa shape index (κ3) is 3.45. The number of carbonyl (C=O) groups excluding carboxylic acids is 2. The summed E-state index contributed by atoms with van der Waals surface area (Å²) in [6.07, 6.45) is 3.48. The molecule has 0 atom stereocenters. The summed E-state index contributed by atoms with van der Waals surface area (Å²) in [4.78, 5) is 23.8. The van der Waals surface area contributed by atoms with Gasteiger partial charge in [0.25, 0.3) is 0 Å². The zero-order valence-corrected chi connectivity index (χ0v) is 15.6. The van der Waals surface area contributed by atoms with Gasteiger partial charge in [0.15, 0.2) is 0 Å². The standard InChI is InChI=1S/C24H18O4/c1-15-3-6-19-13-20(10-9-18(19)11-15)22-14-21(24(26)28-22)12-16-4-7-17(8-5-16)23(25)27-2/h3-14H,1-2H3/b21-12+. The number of fused-ring (bicyclic) bond motifs is 1. The van der Waals surface area contributed by atoms with Crippen LogP contribution in [-0.4, -0.2) is 19.0 Å². The number of rotatable bonds is 3. The van der Waals surface area contributed by atoms with Crippen LogP contribution in [0.1, 0.15) is 27.0 Å². The highest BCUT2D eigenvalue weighted by Gasteiger charge is 2.22. The van der Waals surface area contributed by atoms with Crippen LogP contribution in [0.2, 0.25) is 0 Å². The minimum atomic E-state index is -0.395. The van der Waals surface area contributed by atoms with Crippen molar-refractivity contribution in [1.82, 2.24) is 0 Å². The molecule has 3 aromatic rings. The first kappa shape index (κ1) is 17.7. The van der Waals surface area contributed by atoms with Gasteiger partial charge in [-0.25, -0.2) is 9.59 Å². The van der Waals surface area contributed by atoms with Crippen LogP contribution >= 0.6 is 0 Å². The van der Waals surface area contributed by atoms with Crippen molar-refractivity contribution in [3.63, 3.8) is 0 Å². The van der Waals surface area contributed by atoms with E-state index in [0.717, 1.165) is 21.9 Å². The first-order valence-corrected chi connectivity index (χ1v) is 8.88. The van der Waals surface area contributed by atoms with Gasteiger partial charge in [0, 0.05) is 5.56 Å². The summed E-state index contributed by atoms with van der Waals surface area (Å²) >= 11 is 0. The average Bonchev–Trinajstić information content (AvgIpc) is 3.08. The quantitative estimate of drug-likeness (QED) is 0.485. The Balaban J connectivity index is 1.63. The Morgan fingerprint density at radius 2 is 1.68 bits per heavy atom. The third-order valence-corrected chi connectivity index (χ3v) is 4.66. The minimum Gasteiger partial charge on any atom is -0.465 e. The van der Waals surface area contributed by atoms with Crippen LogP contribution in [0.15, 0.2) is 72.3 Å². The van der Waals surface area contributed by atoms with Gasteiger partial charge in [0.1, 0.15) is 5.76 Å². The number of hydrogen-bond donors (Lipinski definition) is 0. The number of aryl methyl sites for hydroxylation is 1. The molecule has 28 heavy (non-hydrogen) atoms. The molecule has 4 nitrogen and oxygen atoms in total. The van der Waals surface area contributed by atoms with Crippen LogP contribution < -0.4 is 0 Å². The molecule has 0 fully saturated rings. The summed E-state index contributed by atoms with van der Waals surface area (Å²) in [5, 5.41) is 2.24. The molecule has 4 heteroatoms. The van der Waals surface area contributed by atoms with Gasteiger partial charge in [-0.15, -0.1) is 0 Å². The maximum atomic E-state index is 12.3. The molecule has 3 aromatic carbocycles. The van der Waals surface area contributed by atoms with Gasteiger partial charge in [0.2, 0.25) is 0 Å². The van der Waals surface area contributed by atoms with E-state index < -0.39 is 11.9 Å². The van der Waals surface area contributed by atoms with E-state index >= 15 is 0 Å². The molecule has 1 aliphatic heterocycles. The van der Waals surface area contributed by atoms with Crippen molar-refractivity contribution in [2.45, 2.75) is 6.92 Å². The van der Waals surface area contributed by atoms with Gasteiger partial charge in [-0.05, 0) is 53.6 Å². The lowest BCUT2D eigenvalue weighted by Crippen LogP contribution is -2.00. The fraction of sp³-hybridized carbons (Fsp3) is 0.0833. The molecule has 0 radical (unpaired) electrons. The highest BCUT2D eigenvalue weighted by atomic mass is 16.5. The third-order valence-electron chi connectivity index (χ3n) is 4.66. The van der Waals surface area contributed by atoms with E-state index in [2.05, 4.69) is 29.9 Å². The number of ether oxygens (including phenoxy) is 2. The molecule has 0 saturated heterocycles. The van der Waals surface area contributed by atoms with Crippen molar-refractivity contribution in [2.24, 2.45) is 0 Å². The van der Waals surface area contributed by atoms with Crippen molar-refractivity contribution in [1.29, 1.82) is 0 Å². The molecule has 0 unspecified atom stereocenters. The summed E-state index contributed by atoms with van der Waals surface area (Å²) in [5.74, 6) is -0.255. The summed E-state index contributed by atoms with van der Waals surface area (Å²) in [5.41, 5.74) is 3.78. The molecule has 4 rings (SSSR count). The number of carbonyl (C=O) groups is 2. The lowest BCUT2D eigenvalue weighted by Gasteiger charge is -2.05. The molecular formula is C24H18O4. The van der Waals surface area contributed by atoms with Crippen molar-refractivity contribution < 1.29 is 19.1 Å². The zero-order chi connectivity index (χ0) is 19.7. The lowest BCUT2D eigenvalue weighted by molar-refractivity contribution is -0.130. The van der Waals surface area contributed by atoms with Gasteiger partial charge in [-0.3, -0.25) is 0 Å². The van der Waals surface area contributed by atoms with Gasteiger partial charge in [0.05, 0.1) is 18.2 Å². The summed E-state index contributed by atoms with van der Waals surface area (Å²) in [6, 6.07) is 19.1. The van der Waals surface area contributed by atoms with Crippen molar-refractivity contribution in [2.75, 3.05) is 7.11 Å². The highest BCUT2D eigenvalue weighted by Crippen LogP contribution is 2.29. The Labute approximate surface area is 162 Å². The molecule has 1 aliphatic rings. The van der Waals surface area contributed by atoms with Gasteiger partial charge in [-0.2, -0.15) is 0 Å². The molecule has 1 heterocycles. The van der Waals surface area contributed by atoms with E-state index in [1.807, 2.05) is 18.2 Å². The smallest absolute Gasteiger partial charge is 0.343 e. The normalized spacial score (nSPS) is 14.9. The Hall–Kier alpha value is -3.66. The second kappa shape index (κ2) is 7.16. The Bertz CT molecular complexity index is 1150. The molecule has 0 spiro atoms. The van der Waals surface area contributed by atoms with Crippen molar-refractivity contribution in [3.8, 4) is 0 Å². The maximum Gasteiger partial charge on any atom is 0.343 e. The van der Waals surface area contributed by atoms with Crippen LogP contribution in [0, 0.1) is 6.92 Å². The van der Waals surface area contributed by atoms with Crippen molar-refractivity contribution in [3.05, 3.63) is 94.6 Å². The Morgan fingerprint density at radius 3 is 2.43 bits per heavy atom. The summed E-state index contributed by atoms with van der Waals surface area (Å²) < 4.78 is 10.2. The van der Waals surface area contributed by atoms with Gasteiger partial charge < -0.3 is 9.47 Å². The lowest BCUT2D eigenvalue weighted by atomic mass is 10.0. The van der Waals surface area contributed by atoms with Crippen LogP contribution in [-0.2, 0) is 14.3 Å². The largest absolute Gasteiger partial charge is 0.465 e. The Kier molecular flexibility index (Phi) is 4.53. The number of hydrogen-bond acceptors (Lipinski definition) is 4. The second-order valence-electron chi connectivity index (χ2n) is 6.68. The summed E-state index contributed by atoms with van der Waals surface area (Å²) in [6.45, 7) is 2.06. The molecular weight excluding hydrogens is 352 g/mol. The second-order valence-corrected chi connectivity index (χ2v) is 6.68. The number of cyclic esters (lactones) is 1. The molecule has 0 aliphatic carbocycles. The fourth-order valence-corrected chi connectivity index (χ4v) is 3.16. The molecule has 0 bridgehead atoms. The van der Waals surface area contributed by atoms with Crippen LogP contribution in [0.5, 0.6) is 0 Å². The zero-order valence-electron chi connectivity index (χ0n) is 15.6. The topological polar surface area (TPSA) is 52.6 Å². The first-order valence-electron chi connectivity index (χ1n) is 8.88. The van der Waals surface area contributed by atoms with Crippen LogP contribution in [0.25, 0.3) is 22.6 Å². The van der Waals surface area contributed by atoms with E-state index in [-0.39, 0.29) is 0 Å². The predicted octanol–water partition coefficient (Wildman–Crippen LogP) is 4.92. The number of benzene rings is 3. The van der Waals surface area contributed by atoms with E-state index in [1.165, 1.54) is 12.7 Å². The van der Waals surface area contributed by atoms with Crippen LogP contribution in [0.3, 0.4) is 0 Å². The predicted molar refractivity (Wildman–Crippen MR) is 109 cm³/mol. The highest BCUT2D eigenvalue weighted by molar-refractivity contribution is 6.05. The molecule has 0 amide bonds. The molecule has 0 saturated carbocycles. The maximum absolute atomic E-state index is 12.3. The SMILES string of the molecule is COC(=O)c1ccc(/C=C2\C=C(c3ccc4cc(C)ccc4c3)OC2=O)cc1. The van der Waals surface area contributed by atoms with E-state index in [1.54, 1.807) is 36.4 Å². The monoisotopic (exact) mass is 370 g/mol. The average molecular weight is 370 g/mol. The molecule has 138 valence electrons.